The van der Waals surface area contributed by atoms with Crippen molar-refractivity contribution in [2.24, 2.45) is 5.84 Å². The van der Waals surface area contributed by atoms with Crippen LogP contribution in [-0.4, -0.2) is 32.0 Å². The Hall–Kier alpha value is -1.08. The van der Waals surface area contributed by atoms with Gasteiger partial charge in [-0.25, -0.2) is 8.78 Å². The highest BCUT2D eigenvalue weighted by atomic mass is 19.2. The first kappa shape index (κ1) is 15.3. The van der Waals surface area contributed by atoms with E-state index in [2.05, 4.69) is 5.43 Å². The monoisotopic (exact) mass is 286 g/mol. The largest absolute Gasteiger partial charge is 0.381 e. The van der Waals surface area contributed by atoms with Crippen molar-refractivity contribution in [1.82, 2.24) is 5.43 Å². The second kappa shape index (κ2) is 6.58. The normalized spacial score (nSPS) is 19.8. The van der Waals surface area contributed by atoms with Gasteiger partial charge in [0.15, 0.2) is 11.6 Å². The maximum atomic E-state index is 13.8. The van der Waals surface area contributed by atoms with E-state index in [1.54, 1.807) is 13.2 Å². The van der Waals surface area contributed by atoms with E-state index in [1.165, 1.54) is 6.07 Å². The van der Waals surface area contributed by atoms with Crippen LogP contribution in [0.25, 0.3) is 0 Å². The van der Waals surface area contributed by atoms with Crippen molar-refractivity contribution in [3.8, 4) is 0 Å². The number of rotatable bonds is 5. The Kier molecular flexibility index (Phi) is 5.04. The second-order valence-electron chi connectivity index (χ2n) is 5.02. The Morgan fingerprint density at radius 2 is 2.10 bits per heavy atom. The zero-order valence-electron chi connectivity index (χ0n) is 11.5. The highest BCUT2D eigenvalue weighted by Crippen LogP contribution is 2.30. The number of methoxy groups -OCH3 is 1. The topological polar surface area (TPSA) is 56.5 Å². The van der Waals surface area contributed by atoms with Crippen LogP contribution in [0.1, 0.15) is 18.4 Å². The van der Waals surface area contributed by atoms with Crippen LogP contribution in [0.3, 0.4) is 0 Å². The molecule has 20 heavy (non-hydrogen) atoms. The molecule has 1 saturated heterocycles. The smallest absolute Gasteiger partial charge is 0.162 e. The molecule has 0 aliphatic carbocycles. The molecular formula is C14H20F2N2O2. The van der Waals surface area contributed by atoms with Gasteiger partial charge in [-0.15, -0.1) is 0 Å². The molecule has 1 aromatic rings. The number of hydrazine groups is 1. The van der Waals surface area contributed by atoms with Gasteiger partial charge >= 0.3 is 0 Å². The lowest BCUT2D eigenvalue weighted by atomic mass is 9.83. The quantitative estimate of drug-likeness (QED) is 0.637. The van der Waals surface area contributed by atoms with Gasteiger partial charge in [0.1, 0.15) is 0 Å². The summed E-state index contributed by atoms with van der Waals surface area (Å²) in [4.78, 5) is 0. The molecule has 1 unspecified atom stereocenters. The fourth-order valence-corrected chi connectivity index (χ4v) is 2.73. The zero-order valence-corrected chi connectivity index (χ0v) is 11.5. The number of hydrogen-bond donors (Lipinski definition) is 2. The van der Waals surface area contributed by atoms with Crippen molar-refractivity contribution >= 4 is 0 Å². The number of halogens is 2. The van der Waals surface area contributed by atoms with Crippen molar-refractivity contribution in [2.45, 2.75) is 30.9 Å². The summed E-state index contributed by atoms with van der Waals surface area (Å²) in [5, 5.41) is 0. The number of ether oxygens (including phenoxy) is 2. The molecule has 1 fully saturated rings. The van der Waals surface area contributed by atoms with Crippen LogP contribution < -0.4 is 11.3 Å². The maximum absolute atomic E-state index is 13.8. The summed E-state index contributed by atoms with van der Waals surface area (Å²) in [6.45, 7) is 1.13. The van der Waals surface area contributed by atoms with E-state index in [-0.39, 0.29) is 18.0 Å². The highest BCUT2D eigenvalue weighted by molar-refractivity contribution is 5.21. The molecule has 0 saturated carbocycles. The maximum Gasteiger partial charge on any atom is 0.162 e. The third kappa shape index (κ3) is 2.98. The van der Waals surface area contributed by atoms with E-state index in [9.17, 15) is 8.78 Å². The minimum absolute atomic E-state index is 0.258. The SMILES string of the molecule is COC1(C(Cc2cccc(F)c2F)NN)CCOCC1. The molecule has 0 amide bonds. The van der Waals surface area contributed by atoms with Gasteiger partial charge in [0.2, 0.25) is 0 Å². The van der Waals surface area contributed by atoms with Crippen LogP contribution in [-0.2, 0) is 15.9 Å². The summed E-state index contributed by atoms with van der Waals surface area (Å²) in [6.07, 6.45) is 1.58. The van der Waals surface area contributed by atoms with Gasteiger partial charge in [-0.2, -0.15) is 0 Å². The van der Waals surface area contributed by atoms with Crippen molar-refractivity contribution in [3.05, 3.63) is 35.4 Å². The molecule has 3 N–H and O–H groups in total. The Balaban J connectivity index is 2.21. The molecule has 1 aliphatic heterocycles. The van der Waals surface area contributed by atoms with Crippen LogP contribution >= 0.6 is 0 Å². The molecule has 6 heteroatoms. The Morgan fingerprint density at radius 3 is 2.70 bits per heavy atom. The van der Waals surface area contributed by atoms with Gasteiger partial charge < -0.3 is 9.47 Å². The Bertz CT molecular complexity index is 451. The summed E-state index contributed by atoms with van der Waals surface area (Å²) < 4.78 is 38.0. The van der Waals surface area contributed by atoms with Crippen LogP contribution in [0.2, 0.25) is 0 Å². The summed E-state index contributed by atoms with van der Waals surface area (Å²) >= 11 is 0. The molecule has 1 aromatic carbocycles. The molecule has 0 aromatic heterocycles. The van der Waals surface area contributed by atoms with Gasteiger partial charge in [0.25, 0.3) is 0 Å². The zero-order chi connectivity index (χ0) is 14.6. The van der Waals surface area contributed by atoms with Crippen molar-refractivity contribution in [3.63, 3.8) is 0 Å². The van der Waals surface area contributed by atoms with Crippen LogP contribution in [0, 0.1) is 11.6 Å². The minimum atomic E-state index is -0.850. The average molecular weight is 286 g/mol. The summed E-state index contributed by atoms with van der Waals surface area (Å²) in [5.41, 5.74) is 2.45. The van der Waals surface area contributed by atoms with Gasteiger partial charge in [0.05, 0.1) is 11.6 Å². The molecule has 0 radical (unpaired) electrons. The molecule has 112 valence electrons. The van der Waals surface area contributed by atoms with Crippen molar-refractivity contribution in [1.29, 1.82) is 0 Å². The lowest BCUT2D eigenvalue weighted by molar-refractivity contribution is -0.110. The van der Waals surface area contributed by atoms with Gasteiger partial charge in [0, 0.05) is 33.2 Å². The average Bonchev–Trinajstić information content (AvgIpc) is 2.49. The van der Waals surface area contributed by atoms with E-state index in [4.69, 9.17) is 15.3 Å². The van der Waals surface area contributed by atoms with E-state index in [0.717, 1.165) is 6.07 Å². The Morgan fingerprint density at radius 1 is 1.40 bits per heavy atom. The summed E-state index contributed by atoms with van der Waals surface area (Å²) in [6, 6.07) is 3.84. The van der Waals surface area contributed by atoms with Crippen LogP contribution in [0.5, 0.6) is 0 Å². The molecule has 1 atom stereocenters. The van der Waals surface area contributed by atoms with Gasteiger partial charge in [-0.1, -0.05) is 12.1 Å². The first-order valence-electron chi connectivity index (χ1n) is 6.65. The second-order valence-corrected chi connectivity index (χ2v) is 5.02. The molecule has 0 spiro atoms. The van der Waals surface area contributed by atoms with E-state index < -0.39 is 17.2 Å². The van der Waals surface area contributed by atoms with Crippen LogP contribution in [0.15, 0.2) is 18.2 Å². The van der Waals surface area contributed by atoms with Crippen molar-refractivity contribution < 1.29 is 18.3 Å². The lowest BCUT2D eigenvalue weighted by Crippen LogP contribution is -2.58. The summed E-state index contributed by atoms with van der Waals surface area (Å²) in [7, 11) is 1.61. The van der Waals surface area contributed by atoms with E-state index in [1.807, 2.05) is 0 Å². The number of hydrogen-bond acceptors (Lipinski definition) is 4. The third-order valence-electron chi connectivity index (χ3n) is 4.04. The Labute approximate surface area is 117 Å². The lowest BCUT2D eigenvalue weighted by Gasteiger charge is -2.42. The number of nitrogens with two attached hydrogens (primary N) is 1. The van der Waals surface area contributed by atoms with E-state index in [0.29, 0.717) is 26.1 Å². The molecule has 0 bridgehead atoms. The minimum Gasteiger partial charge on any atom is -0.381 e. The fourth-order valence-electron chi connectivity index (χ4n) is 2.73. The number of benzene rings is 1. The summed E-state index contributed by atoms with van der Waals surface area (Å²) in [5.74, 6) is 3.94. The molecule has 1 aliphatic rings. The van der Waals surface area contributed by atoms with Gasteiger partial charge in [-0.3, -0.25) is 11.3 Å². The predicted molar refractivity (Wildman–Crippen MR) is 71.0 cm³/mol. The van der Waals surface area contributed by atoms with Crippen LogP contribution in [0.4, 0.5) is 8.78 Å². The first-order chi connectivity index (χ1) is 9.63. The van der Waals surface area contributed by atoms with Gasteiger partial charge in [-0.05, 0) is 18.1 Å². The predicted octanol–water partition coefficient (Wildman–Crippen LogP) is 1.53. The molecular weight excluding hydrogens is 266 g/mol. The molecule has 1 heterocycles. The highest BCUT2D eigenvalue weighted by Gasteiger charge is 2.40. The third-order valence-corrected chi connectivity index (χ3v) is 4.04. The molecule has 4 nitrogen and oxygen atoms in total. The van der Waals surface area contributed by atoms with E-state index >= 15 is 0 Å². The fraction of sp³-hybridized carbons (Fsp3) is 0.571. The van der Waals surface area contributed by atoms with Crippen molar-refractivity contribution in [2.75, 3.05) is 20.3 Å². The number of nitrogens with one attached hydrogen (secondary N) is 1. The molecule has 2 rings (SSSR count). The first-order valence-corrected chi connectivity index (χ1v) is 6.65. The standard InChI is InChI=1S/C14H20F2N2O2/c1-19-14(5-7-20-8-6-14)12(18-17)9-10-3-2-4-11(15)13(10)16/h2-4,12,18H,5-9,17H2,1H3.